The Morgan fingerprint density at radius 2 is 1.43 bits per heavy atom. The molecule has 0 aliphatic heterocycles. The largest absolute Gasteiger partial charge is 0.484 e. The van der Waals surface area contributed by atoms with Crippen molar-refractivity contribution in [2.45, 2.75) is 19.1 Å². The first kappa shape index (κ1) is 26.3. The molecule has 0 aliphatic rings. The van der Waals surface area contributed by atoms with Crippen LogP contribution < -0.4 is 10.1 Å². The molecule has 4 aromatic carbocycles. The predicted octanol–water partition coefficient (Wildman–Crippen LogP) is 6.46. The quantitative estimate of drug-likeness (QED) is 0.255. The average molecular weight is 533 g/mol. The van der Waals surface area contributed by atoms with Gasteiger partial charge < -0.3 is 15.0 Å². The van der Waals surface area contributed by atoms with E-state index in [-0.39, 0.29) is 31.5 Å². The zero-order valence-electron chi connectivity index (χ0n) is 20.0. The van der Waals surface area contributed by atoms with E-state index < -0.39 is 6.04 Å². The molecule has 188 valence electrons. The van der Waals surface area contributed by atoms with Crippen molar-refractivity contribution in [1.29, 1.82) is 0 Å². The van der Waals surface area contributed by atoms with Gasteiger partial charge >= 0.3 is 0 Å². The van der Waals surface area contributed by atoms with Gasteiger partial charge in [-0.05, 0) is 41.0 Å². The van der Waals surface area contributed by atoms with Crippen LogP contribution in [0.2, 0.25) is 10.0 Å². The van der Waals surface area contributed by atoms with E-state index >= 15 is 0 Å². The zero-order chi connectivity index (χ0) is 26.0. The van der Waals surface area contributed by atoms with E-state index in [1.807, 2.05) is 78.9 Å². The van der Waals surface area contributed by atoms with Crippen molar-refractivity contribution < 1.29 is 14.3 Å². The van der Waals surface area contributed by atoms with Gasteiger partial charge in [-0.25, -0.2) is 0 Å². The van der Waals surface area contributed by atoms with Crippen molar-refractivity contribution in [3.8, 4) is 5.75 Å². The first-order chi connectivity index (χ1) is 18.0. The Labute approximate surface area is 226 Å². The number of nitrogens with zero attached hydrogens (tertiary/aromatic N) is 1. The number of amides is 2. The lowest BCUT2D eigenvalue weighted by atomic mass is 10.0. The Kier molecular flexibility index (Phi) is 9.19. The number of hydrogen-bond acceptors (Lipinski definition) is 3. The molecule has 0 spiro atoms. The van der Waals surface area contributed by atoms with Crippen LogP contribution in [0.4, 0.5) is 0 Å². The minimum atomic E-state index is -0.889. The number of halogens is 2. The maximum atomic E-state index is 13.7. The number of nitrogens with one attached hydrogen (secondary N) is 1. The second kappa shape index (κ2) is 12.9. The molecule has 37 heavy (non-hydrogen) atoms. The van der Waals surface area contributed by atoms with Crippen LogP contribution in [0.25, 0.3) is 0 Å². The first-order valence-electron chi connectivity index (χ1n) is 11.8. The Morgan fingerprint density at radius 3 is 2.08 bits per heavy atom. The summed E-state index contributed by atoms with van der Waals surface area (Å²) in [5.41, 5.74) is 2.30. The lowest BCUT2D eigenvalue weighted by Gasteiger charge is -2.31. The molecule has 0 radical (unpaired) electrons. The molecule has 0 heterocycles. The maximum absolute atomic E-state index is 13.7. The van der Waals surface area contributed by atoms with Crippen LogP contribution >= 0.6 is 23.2 Å². The van der Waals surface area contributed by atoms with Crippen LogP contribution in [0.15, 0.2) is 109 Å². The Hall–Kier alpha value is -3.80. The highest BCUT2D eigenvalue weighted by Crippen LogP contribution is 2.26. The van der Waals surface area contributed by atoms with E-state index in [1.54, 1.807) is 35.2 Å². The second-order valence-electron chi connectivity index (χ2n) is 8.38. The SMILES string of the molecule is O=C(NCc1ccc(Cl)cc1Cl)[C@@H](c1ccccc1)N(Cc1ccccc1)C(=O)COc1ccccc1. The highest BCUT2D eigenvalue weighted by Gasteiger charge is 2.31. The van der Waals surface area contributed by atoms with Gasteiger partial charge in [-0.3, -0.25) is 9.59 Å². The van der Waals surface area contributed by atoms with E-state index in [9.17, 15) is 9.59 Å². The van der Waals surface area contributed by atoms with Crippen LogP contribution in [0.3, 0.4) is 0 Å². The Morgan fingerprint density at radius 1 is 0.811 bits per heavy atom. The number of benzene rings is 4. The molecule has 7 heteroatoms. The number of carbonyl (C=O) groups is 2. The normalized spacial score (nSPS) is 11.4. The van der Waals surface area contributed by atoms with Gasteiger partial charge in [0.05, 0.1) is 0 Å². The average Bonchev–Trinajstić information content (AvgIpc) is 2.92. The summed E-state index contributed by atoms with van der Waals surface area (Å²) in [4.78, 5) is 28.8. The number of hydrogen-bond donors (Lipinski definition) is 1. The van der Waals surface area contributed by atoms with E-state index in [4.69, 9.17) is 27.9 Å². The summed E-state index contributed by atoms with van der Waals surface area (Å²) in [6.45, 7) is 0.203. The van der Waals surface area contributed by atoms with E-state index in [2.05, 4.69) is 5.32 Å². The summed E-state index contributed by atoms with van der Waals surface area (Å²) in [6, 6.07) is 32.1. The van der Waals surface area contributed by atoms with Crippen molar-refractivity contribution in [2.75, 3.05) is 6.61 Å². The highest BCUT2D eigenvalue weighted by atomic mass is 35.5. The molecule has 5 nitrogen and oxygen atoms in total. The fourth-order valence-corrected chi connectivity index (χ4v) is 4.38. The van der Waals surface area contributed by atoms with Crippen molar-refractivity contribution in [3.05, 3.63) is 136 Å². The molecular weight excluding hydrogens is 507 g/mol. The van der Waals surface area contributed by atoms with Crippen molar-refractivity contribution >= 4 is 35.0 Å². The second-order valence-corrected chi connectivity index (χ2v) is 9.22. The number of para-hydroxylation sites is 1. The summed E-state index contributed by atoms with van der Waals surface area (Å²) in [5.74, 6) is -0.0731. The van der Waals surface area contributed by atoms with Gasteiger partial charge in [0, 0.05) is 23.1 Å². The summed E-state index contributed by atoms with van der Waals surface area (Å²) in [5, 5.41) is 3.92. The molecule has 2 amide bonds. The molecule has 0 saturated heterocycles. The van der Waals surface area contributed by atoms with E-state index in [0.29, 0.717) is 21.4 Å². The molecular formula is C30H26Cl2N2O3. The molecule has 0 aliphatic carbocycles. The van der Waals surface area contributed by atoms with Crippen LogP contribution in [0.5, 0.6) is 5.75 Å². The van der Waals surface area contributed by atoms with Crippen molar-refractivity contribution in [1.82, 2.24) is 10.2 Å². The molecule has 1 atom stereocenters. The van der Waals surface area contributed by atoms with Gasteiger partial charge in [0.25, 0.3) is 5.91 Å². The fourth-order valence-electron chi connectivity index (χ4n) is 3.90. The smallest absolute Gasteiger partial charge is 0.261 e. The lowest BCUT2D eigenvalue weighted by Crippen LogP contribution is -2.45. The molecule has 4 aromatic rings. The van der Waals surface area contributed by atoms with Gasteiger partial charge in [-0.1, -0.05) is 108 Å². The lowest BCUT2D eigenvalue weighted by molar-refractivity contribution is -0.143. The third-order valence-corrected chi connectivity index (χ3v) is 6.35. The molecule has 0 fully saturated rings. The molecule has 0 unspecified atom stereocenters. The van der Waals surface area contributed by atoms with Gasteiger partial charge in [-0.15, -0.1) is 0 Å². The molecule has 0 aromatic heterocycles. The number of rotatable bonds is 10. The third kappa shape index (κ3) is 7.35. The Bertz CT molecular complexity index is 1320. The van der Waals surface area contributed by atoms with Gasteiger partial charge in [0.1, 0.15) is 11.8 Å². The van der Waals surface area contributed by atoms with Crippen LogP contribution in [-0.4, -0.2) is 23.3 Å². The highest BCUT2D eigenvalue weighted by molar-refractivity contribution is 6.35. The maximum Gasteiger partial charge on any atom is 0.261 e. The fraction of sp³-hybridized carbons (Fsp3) is 0.133. The molecule has 0 saturated carbocycles. The number of ether oxygens (including phenoxy) is 1. The minimum absolute atomic E-state index is 0.187. The summed E-state index contributed by atoms with van der Waals surface area (Å²) < 4.78 is 5.76. The summed E-state index contributed by atoms with van der Waals surface area (Å²) >= 11 is 12.3. The molecule has 0 bridgehead atoms. The molecule has 1 N–H and O–H groups in total. The Balaban J connectivity index is 1.62. The monoisotopic (exact) mass is 532 g/mol. The van der Waals surface area contributed by atoms with Gasteiger partial charge in [-0.2, -0.15) is 0 Å². The van der Waals surface area contributed by atoms with E-state index in [0.717, 1.165) is 11.1 Å². The number of carbonyl (C=O) groups excluding carboxylic acids is 2. The van der Waals surface area contributed by atoms with Crippen molar-refractivity contribution in [2.24, 2.45) is 0 Å². The van der Waals surface area contributed by atoms with Gasteiger partial charge in [0.2, 0.25) is 5.91 Å². The van der Waals surface area contributed by atoms with Crippen LogP contribution in [0.1, 0.15) is 22.7 Å². The molecule has 4 rings (SSSR count). The van der Waals surface area contributed by atoms with Gasteiger partial charge in [0.15, 0.2) is 6.61 Å². The van der Waals surface area contributed by atoms with Crippen LogP contribution in [-0.2, 0) is 22.7 Å². The van der Waals surface area contributed by atoms with Crippen molar-refractivity contribution in [3.63, 3.8) is 0 Å². The minimum Gasteiger partial charge on any atom is -0.484 e. The van der Waals surface area contributed by atoms with Crippen LogP contribution in [0, 0.1) is 0 Å². The summed E-state index contributed by atoms with van der Waals surface area (Å²) in [7, 11) is 0. The first-order valence-corrected chi connectivity index (χ1v) is 12.5. The third-order valence-electron chi connectivity index (χ3n) is 5.77. The zero-order valence-corrected chi connectivity index (χ0v) is 21.5. The van der Waals surface area contributed by atoms with E-state index in [1.165, 1.54) is 0 Å². The topological polar surface area (TPSA) is 58.6 Å². The summed E-state index contributed by atoms with van der Waals surface area (Å²) in [6.07, 6.45) is 0. The predicted molar refractivity (Wildman–Crippen MR) is 146 cm³/mol. The standard InChI is InChI=1S/C30H26Cl2N2O3/c31-25-17-16-24(27(32)18-25)19-33-30(36)29(23-12-6-2-7-13-23)34(20-22-10-4-1-5-11-22)28(35)21-37-26-14-8-3-9-15-26/h1-18,29H,19-21H2,(H,33,36)/t29-/m1/s1.